The Hall–Kier alpha value is -2.66. The molecule has 1 unspecified atom stereocenters. The van der Waals surface area contributed by atoms with E-state index in [1.165, 1.54) is 29.5 Å². The Balaban J connectivity index is 1.54. The molecule has 1 aliphatic heterocycles. The average Bonchev–Trinajstić information content (AvgIpc) is 3.37. The molecule has 7 nitrogen and oxygen atoms in total. The van der Waals surface area contributed by atoms with Crippen LogP contribution in [0.3, 0.4) is 0 Å². The summed E-state index contributed by atoms with van der Waals surface area (Å²) < 4.78 is 43.9. The predicted molar refractivity (Wildman–Crippen MR) is 106 cm³/mol. The summed E-state index contributed by atoms with van der Waals surface area (Å²) in [5.74, 6) is -0.769. The van der Waals surface area contributed by atoms with Crippen LogP contribution in [0, 0.1) is 0 Å². The fraction of sp³-hybridized carbons (Fsp3) is 0.421. The molecule has 0 radical (unpaired) electrons. The Labute approximate surface area is 175 Å². The van der Waals surface area contributed by atoms with Crippen LogP contribution in [0.2, 0.25) is 0 Å². The van der Waals surface area contributed by atoms with E-state index in [4.69, 9.17) is 4.74 Å². The number of amides is 2. The van der Waals surface area contributed by atoms with Crippen LogP contribution < -0.4 is 10.6 Å². The summed E-state index contributed by atoms with van der Waals surface area (Å²) in [5, 5.41) is 7.26. The number of nitrogens with zero attached hydrogens (tertiary/aromatic N) is 2. The Morgan fingerprint density at radius 3 is 2.87 bits per heavy atom. The smallest absolute Gasteiger partial charge is 0.376 e. The number of benzene rings is 1. The highest BCUT2D eigenvalue weighted by atomic mass is 32.1. The van der Waals surface area contributed by atoms with Crippen LogP contribution in [0.15, 0.2) is 29.6 Å². The van der Waals surface area contributed by atoms with Crippen molar-refractivity contribution in [3.63, 3.8) is 0 Å². The highest BCUT2D eigenvalue weighted by Gasteiger charge is 2.30. The van der Waals surface area contributed by atoms with E-state index in [1.807, 2.05) is 0 Å². The molecular weight excluding hydrogens is 421 g/mol. The number of thiazole rings is 1. The second-order valence-electron chi connectivity index (χ2n) is 6.84. The third kappa shape index (κ3) is 5.92. The molecule has 1 aromatic heterocycles. The molecule has 11 heteroatoms. The van der Waals surface area contributed by atoms with Crippen molar-refractivity contribution >= 4 is 34.0 Å². The Bertz CT molecular complexity index is 897. The van der Waals surface area contributed by atoms with E-state index >= 15 is 0 Å². The number of rotatable bonds is 7. The maximum Gasteiger partial charge on any atom is 0.416 e. The van der Waals surface area contributed by atoms with Gasteiger partial charge in [0.1, 0.15) is 5.69 Å². The molecule has 2 heterocycles. The second-order valence-corrected chi connectivity index (χ2v) is 7.70. The summed E-state index contributed by atoms with van der Waals surface area (Å²) >= 11 is 1.08. The molecule has 1 fully saturated rings. The highest BCUT2D eigenvalue weighted by Crippen LogP contribution is 2.31. The fourth-order valence-corrected chi connectivity index (χ4v) is 3.60. The summed E-state index contributed by atoms with van der Waals surface area (Å²) in [6, 6.07) is 4.70. The lowest BCUT2D eigenvalue weighted by Crippen LogP contribution is -2.41. The summed E-state index contributed by atoms with van der Waals surface area (Å²) in [6.07, 6.45) is -2.57. The SMILES string of the molecule is CN(CC(=O)NCC1CCCO1)C(=O)c1csc(Nc2cccc(C(F)(F)F)c2)n1. The molecule has 2 aromatic rings. The number of nitrogens with one attached hydrogen (secondary N) is 2. The average molecular weight is 442 g/mol. The fourth-order valence-electron chi connectivity index (χ4n) is 2.90. The van der Waals surface area contributed by atoms with Gasteiger partial charge in [-0.25, -0.2) is 4.98 Å². The van der Waals surface area contributed by atoms with E-state index in [0.717, 1.165) is 36.3 Å². The van der Waals surface area contributed by atoms with Crippen LogP contribution in [0.4, 0.5) is 24.0 Å². The quantitative estimate of drug-likeness (QED) is 0.688. The van der Waals surface area contributed by atoms with Crippen LogP contribution in [0.25, 0.3) is 0 Å². The van der Waals surface area contributed by atoms with Crippen molar-refractivity contribution in [3.05, 3.63) is 40.9 Å². The van der Waals surface area contributed by atoms with Crippen molar-refractivity contribution in [2.24, 2.45) is 0 Å². The van der Waals surface area contributed by atoms with E-state index in [-0.39, 0.29) is 35.1 Å². The third-order valence-electron chi connectivity index (χ3n) is 4.44. The maximum atomic E-state index is 12.8. The number of anilines is 2. The van der Waals surface area contributed by atoms with Crippen molar-refractivity contribution in [2.45, 2.75) is 25.1 Å². The van der Waals surface area contributed by atoms with E-state index in [9.17, 15) is 22.8 Å². The van der Waals surface area contributed by atoms with Gasteiger partial charge in [0.15, 0.2) is 5.13 Å². The van der Waals surface area contributed by atoms with Crippen molar-refractivity contribution < 1.29 is 27.5 Å². The van der Waals surface area contributed by atoms with Gasteiger partial charge in [-0.1, -0.05) is 6.07 Å². The van der Waals surface area contributed by atoms with E-state index in [0.29, 0.717) is 13.2 Å². The minimum absolute atomic E-state index is 0.0120. The molecule has 0 spiro atoms. The number of ether oxygens (including phenoxy) is 1. The van der Waals surface area contributed by atoms with Gasteiger partial charge in [-0.15, -0.1) is 11.3 Å². The van der Waals surface area contributed by atoms with Crippen molar-refractivity contribution in [1.82, 2.24) is 15.2 Å². The molecule has 30 heavy (non-hydrogen) atoms. The van der Waals surface area contributed by atoms with Crippen molar-refractivity contribution in [2.75, 3.05) is 32.1 Å². The van der Waals surface area contributed by atoms with E-state index < -0.39 is 17.6 Å². The number of likely N-dealkylation sites (N-methyl/N-ethyl adjacent to an activating group) is 1. The minimum atomic E-state index is -4.45. The van der Waals surface area contributed by atoms with Gasteiger partial charge in [-0.05, 0) is 31.0 Å². The third-order valence-corrected chi connectivity index (χ3v) is 5.20. The maximum absolute atomic E-state index is 12.8. The standard InChI is InChI=1S/C19H21F3N4O3S/c1-26(10-16(27)23-9-14-6-3-7-29-14)17(28)15-11-30-18(25-15)24-13-5-2-4-12(8-13)19(20,21)22/h2,4-5,8,11,14H,3,6-7,9-10H2,1H3,(H,23,27)(H,24,25). The molecule has 0 bridgehead atoms. The van der Waals surface area contributed by atoms with Gasteiger partial charge in [-0.3, -0.25) is 9.59 Å². The lowest BCUT2D eigenvalue weighted by Gasteiger charge is -2.16. The van der Waals surface area contributed by atoms with Gasteiger partial charge in [0.25, 0.3) is 5.91 Å². The number of halogens is 3. The van der Waals surface area contributed by atoms with E-state index in [2.05, 4.69) is 15.6 Å². The van der Waals surface area contributed by atoms with Crippen LogP contribution >= 0.6 is 11.3 Å². The lowest BCUT2D eigenvalue weighted by atomic mass is 10.2. The molecule has 162 valence electrons. The van der Waals surface area contributed by atoms with Crippen LogP contribution in [-0.4, -0.2) is 54.5 Å². The lowest BCUT2D eigenvalue weighted by molar-refractivity contribution is -0.137. The first-order valence-electron chi connectivity index (χ1n) is 9.26. The molecule has 0 saturated carbocycles. The summed E-state index contributed by atoms with van der Waals surface area (Å²) in [7, 11) is 1.48. The molecule has 1 atom stereocenters. The monoisotopic (exact) mass is 442 g/mol. The summed E-state index contributed by atoms with van der Waals surface area (Å²) in [4.78, 5) is 29.9. The number of alkyl halides is 3. The predicted octanol–water partition coefficient (Wildman–Crippen LogP) is 3.27. The molecule has 2 N–H and O–H groups in total. The number of hydrogen-bond acceptors (Lipinski definition) is 6. The topological polar surface area (TPSA) is 83.6 Å². The molecule has 3 rings (SSSR count). The molecule has 1 aromatic carbocycles. The number of carbonyl (C=O) groups excluding carboxylic acids is 2. The first kappa shape index (κ1) is 22.0. The van der Waals surface area contributed by atoms with Crippen LogP contribution in [0.1, 0.15) is 28.9 Å². The zero-order valence-corrected chi connectivity index (χ0v) is 17.0. The molecule has 1 aliphatic rings. The van der Waals surface area contributed by atoms with Gasteiger partial charge < -0.3 is 20.3 Å². The summed E-state index contributed by atoms with van der Waals surface area (Å²) in [6.45, 7) is 0.960. The van der Waals surface area contributed by atoms with Gasteiger partial charge in [0.2, 0.25) is 5.91 Å². The molecule has 0 aliphatic carbocycles. The number of carbonyl (C=O) groups is 2. The van der Waals surface area contributed by atoms with Gasteiger partial charge in [0.05, 0.1) is 18.2 Å². The zero-order chi connectivity index (χ0) is 21.7. The van der Waals surface area contributed by atoms with Gasteiger partial charge in [0, 0.05) is 31.3 Å². The normalized spacial score (nSPS) is 16.3. The number of aromatic nitrogens is 1. The number of hydrogen-bond donors (Lipinski definition) is 2. The van der Waals surface area contributed by atoms with Crippen molar-refractivity contribution in [3.8, 4) is 0 Å². The Morgan fingerprint density at radius 1 is 1.37 bits per heavy atom. The van der Waals surface area contributed by atoms with Crippen LogP contribution in [-0.2, 0) is 15.7 Å². The van der Waals surface area contributed by atoms with Gasteiger partial charge >= 0.3 is 6.18 Å². The van der Waals surface area contributed by atoms with Gasteiger partial charge in [-0.2, -0.15) is 13.2 Å². The van der Waals surface area contributed by atoms with E-state index in [1.54, 1.807) is 0 Å². The summed E-state index contributed by atoms with van der Waals surface area (Å²) in [5.41, 5.74) is -0.474. The zero-order valence-electron chi connectivity index (χ0n) is 16.2. The van der Waals surface area contributed by atoms with Crippen molar-refractivity contribution in [1.29, 1.82) is 0 Å². The first-order chi connectivity index (χ1) is 14.2. The Kier molecular flexibility index (Phi) is 6.93. The highest BCUT2D eigenvalue weighted by molar-refractivity contribution is 7.14. The van der Waals surface area contributed by atoms with Crippen LogP contribution in [0.5, 0.6) is 0 Å². The largest absolute Gasteiger partial charge is 0.416 e. The molecule has 1 saturated heterocycles. The Morgan fingerprint density at radius 2 is 2.17 bits per heavy atom. The molecule has 2 amide bonds. The first-order valence-corrected chi connectivity index (χ1v) is 10.1. The minimum Gasteiger partial charge on any atom is -0.376 e. The molecular formula is C19H21F3N4O3S. The second kappa shape index (κ2) is 9.43.